The number of hydrogen-bond donors (Lipinski definition) is 4. The highest BCUT2D eigenvalue weighted by Crippen LogP contribution is 1.97. The van der Waals surface area contributed by atoms with Crippen LogP contribution in [0.25, 0.3) is 0 Å². The molecule has 16 heavy (non-hydrogen) atoms. The largest absolute Gasteiger partial charge is 0.345 e. The van der Waals surface area contributed by atoms with Gasteiger partial charge in [-0.2, -0.15) is 0 Å². The SMILES string of the molecule is NCCC[C@@H](N)C(=O)N[C@@H](C=O)CCCN. The van der Waals surface area contributed by atoms with Crippen molar-refractivity contribution in [3.63, 3.8) is 0 Å². The number of rotatable bonds is 9. The van der Waals surface area contributed by atoms with Crippen molar-refractivity contribution in [2.24, 2.45) is 17.2 Å². The van der Waals surface area contributed by atoms with Gasteiger partial charge >= 0.3 is 0 Å². The highest BCUT2D eigenvalue weighted by atomic mass is 16.2. The van der Waals surface area contributed by atoms with E-state index in [2.05, 4.69) is 5.32 Å². The molecule has 0 aromatic rings. The van der Waals surface area contributed by atoms with E-state index in [9.17, 15) is 9.59 Å². The topological polar surface area (TPSA) is 124 Å². The molecule has 7 N–H and O–H groups in total. The molecule has 6 heteroatoms. The first kappa shape index (κ1) is 15.0. The van der Waals surface area contributed by atoms with E-state index in [0.717, 1.165) is 0 Å². The van der Waals surface area contributed by atoms with Crippen LogP contribution in [0.4, 0.5) is 0 Å². The first-order valence-electron chi connectivity index (χ1n) is 5.57. The molecular weight excluding hydrogens is 208 g/mol. The van der Waals surface area contributed by atoms with Crippen LogP contribution in [0.15, 0.2) is 0 Å². The maximum absolute atomic E-state index is 11.5. The third-order valence-corrected chi connectivity index (χ3v) is 2.27. The minimum Gasteiger partial charge on any atom is -0.345 e. The quantitative estimate of drug-likeness (QED) is 0.358. The molecule has 0 aromatic heterocycles. The Morgan fingerprint density at radius 3 is 2.25 bits per heavy atom. The number of nitrogens with one attached hydrogen (secondary N) is 1. The van der Waals surface area contributed by atoms with Gasteiger partial charge in [-0.1, -0.05) is 0 Å². The highest BCUT2D eigenvalue weighted by molar-refractivity contribution is 5.84. The first-order valence-corrected chi connectivity index (χ1v) is 5.57. The van der Waals surface area contributed by atoms with Crippen LogP contribution in [0.2, 0.25) is 0 Å². The van der Waals surface area contributed by atoms with Crippen molar-refractivity contribution in [3.8, 4) is 0 Å². The van der Waals surface area contributed by atoms with E-state index in [1.165, 1.54) is 0 Å². The predicted octanol–water partition coefficient (Wildman–Crippen LogP) is -1.52. The molecule has 0 fully saturated rings. The van der Waals surface area contributed by atoms with E-state index in [-0.39, 0.29) is 5.91 Å². The number of aldehydes is 1. The third-order valence-electron chi connectivity index (χ3n) is 2.27. The minimum atomic E-state index is -0.594. The Bertz CT molecular complexity index is 211. The van der Waals surface area contributed by atoms with Crippen molar-refractivity contribution in [2.75, 3.05) is 13.1 Å². The van der Waals surface area contributed by atoms with Crippen LogP contribution in [0, 0.1) is 0 Å². The molecule has 0 saturated carbocycles. The van der Waals surface area contributed by atoms with Crippen LogP contribution in [0.3, 0.4) is 0 Å². The summed E-state index contributed by atoms with van der Waals surface area (Å²) in [6.45, 7) is 1.00. The van der Waals surface area contributed by atoms with Crippen LogP contribution in [-0.4, -0.2) is 37.4 Å². The molecule has 0 aliphatic heterocycles. The molecule has 0 aromatic carbocycles. The molecule has 0 heterocycles. The van der Waals surface area contributed by atoms with Crippen LogP contribution in [-0.2, 0) is 9.59 Å². The predicted molar refractivity (Wildman–Crippen MR) is 62.5 cm³/mol. The third kappa shape index (κ3) is 6.49. The summed E-state index contributed by atoms with van der Waals surface area (Å²) in [5.41, 5.74) is 16.3. The number of nitrogens with two attached hydrogens (primary N) is 3. The Morgan fingerprint density at radius 2 is 1.75 bits per heavy atom. The normalized spacial score (nSPS) is 14.2. The molecule has 0 aliphatic rings. The van der Waals surface area contributed by atoms with Crippen molar-refractivity contribution in [1.82, 2.24) is 5.32 Å². The lowest BCUT2D eigenvalue weighted by Gasteiger charge is -2.16. The Hall–Kier alpha value is -0.980. The fraction of sp³-hybridized carbons (Fsp3) is 0.800. The lowest BCUT2D eigenvalue weighted by molar-refractivity contribution is -0.125. The summed E-state index contributed by atoms with van der Waals surface area (Å²) < 4.78 is 0. The second kappa shape index (κ2) is 9.26. The molecule has 0 spiro atoms. The summed E-state index contributed by atoms with van der Waals surface area (Å²) >= 11 is 0. The molecule has 0 aliphatic carbocycles. The van der Waals surface area contributed by atoms with Crippen LogP contribution in [0.1, 0.15) is 25.7 Å². The second-order valence-corrected chi connectivity index (χ2v) is 3.72. The summed E-state index contributed by atoms with van der Waals surface area (Å²) in [5, 5.41) is 2.58. The van der Waals surface area contributed by atoms with Crippen molar-refractivity contribution in [2.45, 2.75) is 37.8 Å². The van der Waals surface area contributed by atoms with E-state index >= 15 is 0 Å². The smallest absolute Gasteiger partial charge is 0.237 e. The lowest BCUT2D eigenvalue weighted by Crippen LogP contribution is -2.46. The van der Waals surface area contributed by atoms with Gasteiger partial charge in [0.2, 0.25) is 5.91 Å². The van der Waals surface area contributed by atoms with Crippen molar-refractivity contribution in [3.05, 3.63) is 0 Å². The molecule has 94 valence electrons. The average Bonchev–Trinajstić information content (AvgIpc) is 2.30. The Labute approximate surface area is 95.9 Å². The maximum atomic E-state index is 11.5. The molecule has 2 atom stereocenters. The standard InChI is InChI=1S/C10H22N4O2/c11-5-1-3-8(7-15)14-10(16)9(13)4-2-6-12/h7-9H,1-6,11-13H2,(H,14,16)/t8-,9-/m1/s1. The van der Waals surface area contributed by atoms with Gasteiger partial charge in [0, 0.05) is 0 Å². The van der Waals surface area contributed by atoms with Crippen molar-refractivity contribution in [1.29, 1.82) is 0 Å². The van der Waals surface area contributed by atoms with Crippen LogP contribution < -0.4 is 22.5 Å². The van der Waals surface area contributed by atoms with Gasteiger partial charge in [0.15, 0.2) is 0 Å². The molecule has 0 rings (SSSR count). The Kier molecular flexibility index (Phi) is 8.69. The summed E-state index contributed by atoms with van der Waals surface area (Å²) in [6, 6.07) is -1.08. The van der Waals surface area contributed by atoms with E-state index in [1.807, 2.05) is 0 Å². The number of hydrogen-bond acceptors (Lipinski definition) is 5. The van der Waals surface area contributed by atoms with Gasteiger partial charge < -0.3 is 27.3 Å². The fourth-order valence-electron chi connectivity index (χ4n) is 1.27. The van der Waals surface area contributed by atoms with Gasteiger partial charge in [-0.3, -0.25) is 4.79 Å². The monoisotopic (exact) mass is 230 g/mol. The summed E-state index contributed by atoms with van der Waals surface area (Å²) in [6.07, 6.45) is 3.19. The van der Waals surface area contributed by atoms with Crippen molar-refractivity contribution < 1.29 is 9.59 Å². The van der Waals surface area contributed by atoms with Crippen LogP contribution >= 0.6 is 0 Å². The zero-order chi connectivity index (χ0) is 12.4. The average molecular weight is 230 g/mol. The Morgan fingerprint density at radius 1 is 1.19 bits per heavy atom. The summed E-state index contributed by atoms with van der Waals surface area (Å²) in [5.74, 6) is -0.303. The molecule has 0 unspecified atom stereocenters. The fourth-order valence-corrected chi connectivity index (χ4v) is 1.27. The number of amides is 1. The molecule has 0 bridgehead atoms. The van der Waals surface area contributed by atoms with E-state index < -0.39 is 12.1 Å². The van der Waals surface area contributed by atoms with E-state index in [0.29, 0.717) is 45.1 Å². The van der Waals surface area contributed by atoms with Gasteiger partial charge in [0.05, 0.1) is 12.1 Å². The molecule has 0 radical (unpaired) electrons. The first-order chi connectivity index (χ1) is 7.65. The zero-order valence-electron chi connectivity index (χ0n) is 9.52. The molecule has 0 saturated heterocycles. The maximum Gasteiger partial charge on any atom is 0.237 e. The number of carbonyl (C=O) groups excluding carboxylic acids is 2. The van der Waals surface area contributed by atoms with Crippen molar-refractivity contribution >= 4 is 12.2 Å². The van der Waals surface area contributed by atoms with E-state index in [4.69, 9.17) is 17.2 Å². The van der Waals surface area contributed by atoms with Crippen LogP contribution in [0.5, 0.6) is 0 Å². The lowest BCUT2D eigenvalue weighted by atomic mass is 10.1. The van der Waals surface area contributed by atoms with Gasteiger partial charge in [-0.25, -0.2) is 0 Å². The summed E-state index contributed by atoms with van der Waals surface area (Å²) in [4.78, 5) is 22.2. The Balaban J connectivity index is 3.93. The zero-order valence-corrected chi connectivity index (χ0v) is 9.52. The van der Waals surface area contributed by atoms with Gasteiger partial charge in [-0.15, -0.1) is 0 Å². The van der Waals surface area contributed by atoms with Gasteiger partial charge in [0.25, 0.3) is 0 Å². The summed E-state index contributed by atoms with van der Waals surface area (Å²) in [7, 11) is 0. The minimum absolute atomic E-state index is 0.303. The van der Waals surface area contributed by atoms with Gasteiger partial charge in [-0.05, 0) is 38.8 Å². The molecule has 1 amide bonds. The van der Waals surface area contributed by atoms with E-state index in [1.54, 1.807) is 0 Å². The highest BCUT2D eigenvalue weighted by Gasteiger charge is 2.16. The molecular formula is C10H22N4O2. The number of carbonyl (C=O) groups is 2. The second-order valence-electron chi connectivity index (χ2n) is 3.72. The molecule has 6 nitrogen and oxygen atoms in total. The van der Waals surface area contributed by atoms with Gasteiger partial charge in [0.1, 0.15) is 6.29 Å².